The van der Waals surface area contributed by atoms with E-state index in [1.165, 1.54) is 24.8 Å². The molecule has 1 fully saturated rings. The predicted molar refractivity (Wildman–Crippen MR) is 140 cm³/mol. The smallest absolute Gasteiger partial charge is 0.252 e. The molecule has 1 aliphatic carbocycles. The first-order valence-corrected chi connectivity index (χ1v) is 13.2. The van der Waals surface area contributed by atoms with Crippen molar-refractivity contribution < 1.29 is 4.42 Å². The molecule has 3 aromatic heterocycles. The van der Waals surface area contributed by atoms with Gasteiger partial charge in [0.2, 0.25) is 0 Å². The number of rotatable bonds is 9. The van der Waals surface area contributed by atoms with Gasteiger partial charge in [-0.3, -0.25) is 9.69 Å². The molecule has 4 aromatic rings. The fraction of sp³-hybridized carbons (Fsp3) is 0.500. The Bertz CT molecular complexity index is 1350. The number of fused-ring (bicyclic) bond motifs is 1. The molecule has 1 N–H and O–H groups in total. The maximum absolute atomic E-state index is 13.3. The third-order valence-corrected chi connectivity index (χ3v) is 7.47. The number of H-pyrrole nitrogens is 1. The number of tetrazole rings is 1. The molecule has 1 aliphatic rings. The van der Waals surface area contributed by atoms with Crippen molar-refractivity contribution in [1.29, 1.82) is 0 Å². The number of aryl methyl sites for hydroxylation is 2. The Labute approximate surface area is 211 Å². The summed E-state index contributed by atoms with van der Waals surface area (Å²) in [6.07, 6.45) is 9.54. The lowest BCUT2D eigenvalue weighted by atomic mass is 9.91. The second-order valence-electron chi connectivity index (χ2n) is 10.2. The largest absolute Gasteiger partial charge is 0.467 e. The highest BCUT2D eigenvalue weighted by Crippen LogP contribution is 2.34. The zero-order valence-corrected chi connectivity index (χ0v) is 21.5. The van der Waals surface area contributed by atoms with E-state index in [1.54, 1.807) is 6.26 Å². The minimum absolute atomic E-state index is 0.0115. The summed E-state index contributed by atoms with van der Waals surface area (Å²) < 4.78 is 7.43. The van der Waals surface area contributed by atoms with E-state index in [2.05, 4.69) is 64.4 Å². The predicted octanol–water partition coefficient (Wildman–Crippen LogP) is 5.45. The fourth-order valence-corrected chi connectivity index (χ4v) is 5.78. The van der Waals surface area contributed by atoms with E-state index in [0.29, 0.717) is 19.1 Å². The molecule has 8 nitrogen and oxygen atoms in total. The molecule has 0 unspecified atom stereocenters. The normalized spacial score (nSPS) is 15.7. The molecule has 8 heteroatoms. The van der Waals surface area contributed by atoms with Gasteiger partial charge in [0.1, 0.15) is 12.3 Å². The average Bonchev–Trinajstić information content (AvgIpc) is 3.55. The number of furan rings is 1. The molecule has 1 saturated carbocycles. The number of pyridine rings is 1. The lowest BCUT2D eigenvalue weighted by Gasteiger charge is -2.39. The van der Waals surface area contributed by atoms with E-state index in [4.69, 9.17) is 4.42 Å². The van der Waals surface area contributed by atoms with Crippen LogP contribution in [0.1, 0.15) is 86.2 Å². The monoisotopic (exact) mass is 488 g/mol. The Morgan fingerprint density at radius 2 is 2.03 bits per heavy atom. The number of hydrogen-bond donors (Lipinski definition) is 1. The fourth-order valence-electron chi connectivity index (χ4n) is 5.78. The third kappa shape index (κ3) is 5.14. The van der Waals surface area contributed by atoms with Crippen molar-refractivity contribution in [3.63, 3.8) is 0 Å². The van der Waals surface area contributed by atoms with Gasteiger partial charge < -0.3 is 9.40 Å². The summed E-state index contributed by atoms with van der Waals surface area (Å²) in [4.78, 5) is 19.0. The van der Waals surface area contributed by atoms with E-state index in [1.807, 2.05) is 16.8 Å². The molecule has 1 aromatic carbocycles. The Kier molecular flexibility index (Phi) is 7.32. The first-order chi connectivity index (χ1) is 17.5. The molecule has 3 heterocycles. The van der Waals surface area contributed by atoms with Crippen molar-refractivity contribution in [2.75, 3.05) is 0 Å². The molecular weight excluding hydrogens is 452 g/mol. The number of benzene rings is 1. The number of nitrogens with one attached hydrogen (secondary N) is 1. The summed E-state index contributed by atoms with van der Waals surface area (Å²) in [6, 6.07) is 10.6. The van der Waals surface area contributed by atoms with Crippen LogP contribution in [0.3, 0.4) is 0 Å². The van der Waals surface area contributed by atoms with Crippen molar-refractivity contribution in [3.8, 4) is 0 Å². The average molecular weight is 489 g/mol. The minimum Gasteiger partial charge on any atom is -0.467 e. The summed E-state index contributed by atoms with van der Waals surface area (Å²) in [7, 11) is 0. The molecule has 190 valence electrons. The molecular formula is C28H36N6O2. The Morgan fingerprint density at radius 1 is 1.19 bits per heavy atom. The van der Waals surface area contributed by atoms with E-state index in [0.717, 1.165) is 59.3 Å². The molecule has 0 spiro atoms. The van der Waals surface area contributed by atoms with Gasteiger partial charge in [-0.05, 0) is 78.8 Å². The van der Waals surface area contributed by atoms with Crippen LogP contribution in [0.5, 0.6) is 0 Å². The van der Waals surface area contributed by atoms with Gasteiger partial charge in [-0.25, -0.2) is 4.68 Å². The van der Waals surface area contributed by atoms with Gasteiger partial charge in [-0.1, -0.05) is 44.2 Å². The number of aromatic amines is 1. The molecule has 36 heavy (non-hydrogen) atoms. The van der Waals surface area contributed by atoms with Crippen LogP contribution in [-0.4, -0.2) is 36.1 Å². The van der Waals surface area contributed by atoms with Crippen LogP contribution >= 0.6 is 0 Å². The SMILES string of the molecule is CCC[C@H](c1nnnn1Cc1ccco1)N(Cc1cc2cc(C)cc(C)c2[nH]c1=O)C1CCCCC1. The van der Waals surface area contributed by atoms with Crippen LogP contribution < -0.4 is 5.56 Å². The van der Waals surface area contributed by atoms with E-state index in [-0.39, 0.29) is 11.6 Å². The van der Waals surface area contributed by atoms with Crippen LogP contribution in [0.2, 0.25) is 0 Å². The van der Waals surface area contributed by atoms with E-state index in [9.17, 15) is 4.79 Å². The highest BCUT2D eigenvalue weighted by molar-refractivity contribution is 5.82. The second-order valence-corrected chi connectivity index (χ2v) is 10.2. The highest BCUT2D eigenvalue weighted by atomic mass is 16.3. The summed E-state index contributed by atoms with van der Waals surface area (Å²) in [6.45, 7) is 7.41. The van der Waals surface area contributed by atoms with Crippen molar-refractivity contribution >= 4 is 10.9 Å². The van der Waals surface area contributed by atoms with Crippen molar-refractivity contribution in [2.24, 2.45) is 0 Å². The van der Waals surface area contributed by atoms with Crippen LogP contribution in [0.25, 0.3) is 10.9 Å². The van der Waals surface area contributed by atoms with E-state index < -0.39 is 0 Å². The third-order valence-electron chi connectivity index (χ3n) is 7.47. The number of aromatic nitrogens is 5. The zero-order chi connectivity index (χ0) is 25.1. The second kappa shape index (κ2) is 10.8. The number of hydrogen-bond acceptors (Lipinski definition) is 6. The van der Waals surface area contributed by atoms with Crippen LogP contribution in [-0.2, 0) is 13.1 Å². The molecule has 0 bridgehead atoms. The molecule has 5 rings (SSSR count). The highest BCUT2D eigenvalue weighted by Gasteiger charge is 2.32. The van der Waals surface area contributed by atoms with Gasteiger partial charge >= 0.3 is 0 Å². The van der Waals surface area contributed by atoms with Gasteiger partial charge in [0.25, 0.3) is 5.56 Å². The Balaban J connectivity index is 1.54. The maximum atomic E-state index is 13.3. The Hall–Kier alpha value is -3.26. The summed E-state index contributed by atoms with van der Waals surface area (Å²) in [5, 5.41) is 13.9. The van der Waals surface area contributed by atoms with Gasteiger partial charge in [0.15, 0.2) is 5.82 Å². The van der Waals surface area contributed by atoms with Crippen molar-refractivity contribution in [3.05, 3.63) is 75.2 Å². The van der Waals surface area contributed by atoms with Crippen LogP contribution in [0, 0.1) is 13.8 Å². The lowest BCUT2D eigenvalue weighted by Crippen LogP contribution is -2.41. The first kappa shape index (κ1) is 24.4. The zero-order valence-electron chi connectivity index (χ0n) is 21.5. The molecule has 1 atom stereocenters. The number of nitrogens with zero attached hydrogens (tertiary/aromatic N) is 5. The van der Waals surface area contributed by atoms with Gasteiger partial charge in [0, 0.05) is 18.2 Å². The van der Waals surface area contributed by atoms with Gasteiger partial charge in [0.05, 0.1) is 17.8 Å². The first-order valence-electron chi connectivity index (χ1n) is 13.2. The standard InChI is InChI=1S/C28H36N6O2/c1-4-9-25(27-30-31-32-34(27)18-24-12-8-13-36-24)33(23-10-6-5-7-11-23)17-22-16-21-15-19(2)14-20(3)26(21)29-28(22)35/h8,12-16,23,25H,4-7,9-11,17-18H2,1-3H3,(H,29,35)/t25-/m1/s1. The van der Waals surface area contributed by atoms with E-state index >= 15 is 0 Å². The Morgan fingerprint density at radius 3 is 2.78 bits per heavy atom. The molecule has 0 aliphatic heterocycles. The van der Waals surface area contributed by atoms with Gasteiger partial charge in [-0.2, -0.15) is 0 Å². The van der Waals surface area contributed by atoms with Crippen molar-refractivity contribution in [2.45, 2.75) is 90.9 Å². The van der Waals surface area contributed by atoms with Crippen LogP contribution in [0.15, 0.2) is 45.8 Å². The summed E-state index contributed by atoms with van der Waals surface area (Å²) in [5.74, 6) is 1.66. The maximum Gasteiger partial charge on any atom is 0.252 e. The molecule has 0 saturated heterocycles. The summed E-state index contributed by atoms with van der Waals surface area (Å²) >= 11 is 0. The molecule has 0 amide bonds. The van der Waals surface area contributed by atoms with Crippen molar-refractivity contribution in [1.82, 2.24) is 30.1 Å². The minimum atomic E-state index is -0.0133. The van der Waals surface area contributed by atoms with Gasteiger partial charge in [-0.15, -0.1) is 5.10 Å². The quantitative estimate of drug-likeness (QED) is 0.337. The molecule has 0 radical (unpaired) electrons. The summed E-state index contributed by atoms with van der Waals surface area (Å²) in [5.41, 5.74) is 4.00. The lowest BCUT2D eigenvalue weighted by molar-refractivity contribution is 0.0811. The van der Waals surface area contributed by atoms with Crippen LogP contribution in [0.4, 0.5) is 0 Å². The topological polar surface area (TPSA) is 92.8 Å².